The second kappa shape index (κ2) is 5.39. The standard InChI is InChI=1S/C10H17N3O6/c1-18-4-2-13(10(17)12-8(4)16)9-7(15)6(11)5(3-14)19-9/h4-7,9,14-15H,2-3,11H2,1H3,(H,12,16,17)/t4?,5-,6?,7?,9-/m1/s1. The molecule has 5 atom stereocenters. The molecule has 0 saturated carbocycles. The minimum atomic E-state index is -1.14. The van der Waals surface area contributed by atoms with E-state index < -0.39 is 42.5 Å². The second-order valence-electron chi connectivity index (χ2n) is 4.49. The molecular weight excluding hydrogens is 258 g/mol. The van der Waals surface area contributed by atoms with Crippen molar-refractivity contribution in [2.45, 2.75) is 30.6 Å². The van der Waals surface area contributed by atoms with Crippen molar-refractivity contribution in [2.24, 2.45) is 5.73 Å². The third kappa shape index (κ3) is 2.42. The van der Waals surface area contributed by atoms with Crippen molar-refractivity contribution in [1.82, 2.24) is 10.2 Å². The fourth-order valence-electron chi connectivity index (χ4n) is 2.19. The van der Waals surface area contributed by atoms with E-state index in [2.05, 4.69) is 5.32 Å². The smallest absolute Gasteiger partial charge is 0.326 e. The molecule has 0 spiro atoms. The summed E-state index contributed by atoms with van der Waals surface area (Å²) in [6, 6.07) is -1.49. The van der Waals surface area contributed by atoms with Crippen molar-refractivity contribution < 1.29 is 29.3 Å². The van der Waals surface area contributed by atoms with Gasteiger partial charge in [-0.1, -0.05) is 0 Å². The van der Waals surface area contributed by atoms with Crippen LogP contribution in [-0.4, -0.2) is 77.9 Å². The largest absolute Gasteiger partial charge is 0.394 e. The van der Waals surface area contributed by atoms with Gasteiger partial charge in [-0.3, -0.25) is 15.0 Å². The zero-order chi connectivity index (χ0) is 14.2. The normalized spacial score (nSPS) is 39.6. The van der Waals surface area contributed by atoms with E-state index in [0.29, 0.717) is 0 Å². The summed E-state index contributed by atoms with van der Waals surface area (Å²) < 4.78 is 10.3. The number of rotatable bonds is 3. The van der Waals surface area contributed by atoms with Crippen LogP contribution in [-0.2, 0) is 14.3 Å². The molecule has 0 bridgehead atoms. The van der Waals surface area contributed by atoms with Crippen LogP contribution >= 0.6 is 0 Å². The van der Waals surface area contributed by atoms with Gasteiger partial charge < -0.3 is 25.4 Å². The molecule has 0 aromatic heterocycles. The maximum absolute atomic E-state index is 11.7. The van der Waals surface area contributed by atoms with Gasteiger partial charge in [0.1, 0.15) is 12.2 Å². The molecule has 3 unspecified atom stereocenters. The van der Waals surface area contributed by atoms with Gasteiger partial charge in [-0.25, -0.2) is 4.79 Å². The van der Waals surface area contributed by atoms with Gasteiger partial charge in [-0.05, 0) is 0 Å². The minimum Gasteiger partial charge on any atom is -0.394 e. The van der Waals surface area contributed by atoms with Crippen LogP contribution in [0.4, 0.5) is 4.79 Å². The Bertz CT molecular complexity index is 378. The number of ether oxygens (including phenoxy) is 2. The SMILES string of the molecule is COC1CN([C@@H]2O[C@H](CO)C(N)C2O)C(=O)NC1=O. The van der Waals surface area contributed by atoms with Crippen LogP contribution in [0.2, 0.25) is 0 Å². The van der Waals surface area contributed by atoms with Gasteiger partial charge in [0.05, 0.1) is 19.2 Å². The summed E-state index contributed by atoms with van der Waals surface area (Å²) in [6.45, 7) is -0.412. The van der Waals surface area contributed by atoms with Crippen LogP contribution in [0.15, 0.2) is 0 Å². The lowest BCUT2D eigenvalue weighted by atomic mass is 10.1. The molecule has 2 rings (SSSR count). The second-order valence-corrected chi connectivity index (χ2v) is 4.49. The third-order valence-electron chi connectivity index (χ3n) is 3.35. The Morgan fingerprint density at radius 2 is 2.26 bits per heavy atom. The summed E-state index contributed by atoms with van der Waals surface area (Å²) in [5.74, 6) is -0.542. The van der Waals surface area contributed by atoms with Gasteiger partial charge in [0.25, 0.3) is 5.91 Å². The lowest BCUT2D eigenvalue weighted by Crippen LogP contribution is -2.62. The number of nitrogens with zero attached hydrogens (tertiary/aromatic N) is 1. The number of nitrogens with two attached hydrogens (primary N) is 1. The van der Waals surface area contributed by atoms with Gasteiger partial charge in [0.15, 0.2) is 12.3 Å². The Morgan fingerprint density at radius 3 is 2.79 bits per heavy atom. The highest BCUT2D eigenvalue weighted by Gasteiger charge is 2.48. The molecule has 0 aliphatic carbocycles. The first-order chi connectivity index (χ1) is 8.99. The molecule has 9 nitrogen and oxygen atoms in total. The summed E-state index contributed by atoms with van der Waals surface area (Å²) >= 11 is 0. The molecular formula is C10H17N3O6. The van der Waals surface area contributed by atoms with E-state index in [1.807, 2.05) is 0 Å². The van der Waals surface area contributed by atoms with E-state index in [9.17, 15) is 14.7 Å². The van der Waals surface area contributed by atoms with Crippen molar-refractivity contribution >= 4 is 11.9 Å². The predicted molar refractivity (Wildman–Crippen MR) is 60.8 cm³/mol. The zero-order valence-corrected chi connectivity index (χ0v) is 10.4. The van der Waals surface area contributed by atoms with Crippen LogP contribution in [0.1, 0.15) is 0 Å². The van der Waals surface area contributed by atoms with E-state index in [1.54, 1.807) is 0 Å². The van der Waals surface area contributed by atoms with Crippen LogP contribution in [0.25, 0.3) is 0 Å². The average molecular weight is 275 g/mol. The topological polar surface area (TPSA) is 134 Å². The summed E-state index contributed by atoms with van der Waals surface area (Å²) in [6.07, 6.45) is -3.75. The van der Waals surface area contributed by atoms with Crippen LogP contribution in [0, 0.1) is 0 Å². The Hall–Kier alpha value is -1.26. The number of urea groups is 1. The van der Waals surface area contributed by atoms with E-state index in [0.717, 1.165) is 4.90 Å². The Labute approximate surface area is 109 Å². The molecule has 0 aromatic rings. The first-order valence-corrected chi connectivity index (χ1v) is 5.83. The number of carbonyl (C=O) groups excluding carboxylic acids is 2. The number of hydrogen-bond donors (Lipinski definition) is 4. The number of imide groups is 1. The summed E-state index contributed by atoms with van der Waals surface area (Å²) in [7, 11) is 1.34. The number of aliphatic hydroxyl groups is 2. The molecule has 0 aromatic carbocycles. The van der Waals surface area contributed by atoms with Gasteiger partial charge in [-0.15, -0.1) is 0 Å². The highest BCUT2D eigenvalue weighted by atomic mass is 16.6. The van der Waals surface area contributed by atoms with Crippen LogP contribution < -0.4 is 11.1 Å². The van der Waals surface area contributed by atoms with Crippen LogP contribution in [0.5, 0.6) is 0 Å². The molecule has 19 heavy (non-hydrogen) atoms. The molecule has 3 amide bonds. The zero-order valence-electron chi connectivity index (χ0n) is 10.4. The molecule has 2 saturated heterocycles. The van der Waals surface area contributed by atoms with E-state index in [4.69, 9.17) is 20.3 Å². The average Bonchev–Trinajstić information content (AvgIpc) is 2.67. The Morgan fingerprint density at radius 1 is 1.58 bits per heavy atom. The van der Waals surface area contributed by atoms with Gasteiger partial charge in [0.2, 0.25) is 0 Å². The molecule has 2 aliphatic rings. The first kappa shape index (κ1) is 14.2. The molecule has 2 aliphatic heterocycles. The maximum Gasteiger partial charge on any atom is 0.326 e. The molecule has 108 valence electrons. The lowest BCUT2D eigenvalue weighted by molar-refractivity contribution is -0.140. The monoisotopic (exact) mass is 275 g/mol. The predicted octanol–water partition coefficient (Wildman–Crippen LogP) is -3.04. The highest BCUT2D eigenvalue weighted by molar-refractivity contribution is 5.99. The number of nitrogens with one attached hydrogen (secondary N) is 1. The number of amides is 3. The summed E-state index contributed by atoms with van der Waals surface area (Å²) in [5.41, 5.74) is 5.68. The molecule has 2 heterocycles. The molecule has 2 fully saturated rings. The number of aliphatic hydroxyl groups excluding tert-OH is 2. The highest BCUT2D eigenvalue weighted by Crippen LogP contribution is 2.24. The molecule has 5 N–H and O–H groups in total. The van der Waals surface area contributed by atoms with Crippen molar-refractivity contribution in [3.05, 3.63) is 0 Å². The summed E-state index contributed by atoms with van der Waals surface area (Å²) in [5, 5.41) is 21.1. The maximum atomic E-state index is 11.7. The lowest BCUT2D eigenvalue weighted by Gasteiger charge is -2.36. The third-order valence-corrected chi connectivity index (χ3v) is 3.35. The Balaban J connectivity index is 2.13. The summed E-state index contributed by atoms with van der Waals surface area (Å²) in [4.78, 5) is 24.3. The van der Waals surface area contributed by atoms with Crippen molar-refractivity contribution in [1.29, 1.82) is 0 Å². The van der Waals surface area contributed by atoms with Gasteiger partial charge in [0, 0.05) is 7.11 Å². The minimum absolute atomic E-state index is 0.0479. The van der Waals surface area contributed by atoms with E-state index in [1.165, 1.54) is 7.11 Å². The van der Waals surface area contributed by atoms with Gasteiger partial charge in [-0.2, -0.15) is 0 Å². The van der Waals surface area contributed by atoms with Crippen LogP contribution in [0.3, 0.4) is 0 Å². The molecule has 9 heteroatoms. The van der Waals surface area contributed by atoms with E-state index >= 15 is 0 Å². The van der Waals surface area contributed by atoms with Crippen molar-refractivity contribution in [2.75, 3.05) is 20.3 Å². The number of carbonyl (C=O) groups is 2. The quantitative estimate of drug-likeness (QED) is 0.430. The van der Waals surface area contributed by atoms with Crippen molar-refractivity contribution in [3.8, 4) is 0 Å². The number of methoxy groups -OCH3 is 1. The molecule has 0 radical (unpaired) electrons. The van der Waals surface area contributed by atoms with Gasteiger partial charge >= 0.3 is 6.03 Å². The fraction of sp³-hybridized carbons (Fsp3) is 0.800. The number of hydrogen-bond acceptors (Lipinski definition) is 7. The Kier molecular flexibility index (Phi) is 4.02. The van der Waals surface area contributed by atoms with Crippen molar-refractivity contribution in [3.63, 3.8) is 0 Å². The first-order valence-electron chi connectivity index (χ1n) is 5.83. The van der Waals surface area contributed by atoms with E-state index in [-0.39, 0.29) is 13.2 Å². The fourth-order valence-corrected chi connectivity index (χ4v) is 2.19.